The molecule has 0 bridgehead atoms. The topological polar surface area (TPSA) is 26.0 Å². The molecule has 0 unspecified atom stereocenters. The quantitative estimate of drug-likeness (QED) is 0.816. The van der Waals surface area contributed by atoms with E-state index in [-0.39, 0.29) is 12.8 Å². The van der Waals surface area contributed by atoms with E-state index in [1.165, 1.54) is 0 Å². The van der Waals surface area contributed by atoms with Crippen molar-refractivity contribution >= 4 is 11.6 Å². The van der Waals surface area contributed by atoms with Crippen molar-refractivity contribution in [2.75, 3.05) is 0 Å². The maximum absolute atomic E-state index is 12.6. The van der Waals surface area contributed by atoms with Crippen molar-refractivity contribution in [1.82, 2.24) is 0 Å². The molecule has 1 aromatic carbocycles. The van der Waals surface area contributed by atoms with Gasteiger partial charge >= 0.3 is 6.18 Å². The lowest BCUT2D eigenvalue weighted by atomic mass is 9.73. The zero-order valence-electron chi connectivity index (χ0n) is 9.80. The molecule has 0 radical (unpaired) electrons. The molecule has 2 N–H and O–H groups in total. The van der Waals surface area contributed by atoms with Crippen molar-refractivity contribution in [2.45, 2.75) is 37.4 Å². The van der Waals surface area contributed by atoms with Crippen molar-refractivity contribution in [3.63, 3.8) is 0 Å². The van der Waals surface area contributed by atoms with Gasteiger partial charge in [-0.15, -0.1) is 0 Å². The molecule has 0 heterocycles. The third-order valence-corrected chi connectivity index (χ3v) is 3.98. The highest BCUT2D eigenvalue weighted by Gasteiger charge is 2.45. The van der Waals surface area contributed by atoms with E-state index in [0.717, 1.165) is 5.56 Å². The molecule has 1 aromatic rings. The van der Waals surface area contributed by atoms with Crippen LogP contribution in [0, 0.1) is 5.92 Å². The van der Waals surface area contributed by atoms with E-state index in [0.29, 0.717) is 17.9 Å². The summed E-state index contributed by atoms with van der Waals surface area (Å²) in [6.07, 6.45) is -3.23. The molecule has 1 saturated carbocycles. The van der Waals surface area contributed by atoms with Crippen molar-refractivity contribution < 1.29 is 13.2 Å². The van der Waals surface area contributed by atoms with E-state index in [2.05, 4.69) is 0 Å². The van der Waals surface area contributed by atoms with Gasteiger partial charge in [0, 0.05) is 10.6 Å². The second-order valence-corrected chi connectivity index (χ2v) is 5.42. The first-order valence-electron chi connectivity index (χ1n) is 5.93. The lowest BCUT2D eigenvalue weighted by Crippen LogP contribution is -2.43. The smallest absolute Gasteiger partial charge is 0.321 e. The molecule has 0 spiro atoms. The first-order valence-corrected chi connectivity index (χ1v) is 6.31. The number of rotatable bonds is 1. The zero-order valence-corrected chi connectivity index (χ0v) is 10.6. The lowest BCUT2D eigenvalue weighted by molar-refractivity contribution is -0.184. The summed E-state index contributed by atoms with van der Waals surface area (Å²) in [4.78, 5) is 0. The molecule has 0 atom stereocenters. The average Bonchev–Trinajstić information content (AvgIpc) is 2.28. The Balaban J connectivity index is 2.12. The molecule has 0 aromatic heterocycles. The first-order chi connectivity index (χ1) is 8.31. The van der Waals surface area contributed by atoms with E-state index in [4.69, 9.17) is 17.3 Å². The fourth-order valence-electron chi connectivity index (χ4n) is 2.55. The number of benzene rings is 1. The first kappa shape index (κ1) is 13.7. The van der Waals surface area contributed by atoms with E-state index >= 15 is 0 Å². The molecular formula is C13H15ClF3N. The number of nitrogens with two attached hydrogens (primary N) is 1. The SMILES string of the molecule is NC1(c2cccc(Cl)c2)CCC(C(F)(F)F)CC1. The Morgan fingerprint density at radius 3 is 2.33 bits per heavy atom. The second kappa shape index (κ2) is 4.74. The van der Waals surface area contributed by atoms with Crippen LogP contribution in [-0.4, -0.2) is 6.18 Å². The summed E-state index contributed by atoms with van der Waals surface area (Å²) in [7, 11) is 0. The Labute approximate surface area is 109 Å². The van der Waals surface area contributed by atoms with Crippen LogP contribution in [0.2, 0.25) is 5.02 Å². The number of alkyl halides is 3. The summed E-state index contributed by atoms with van der Waals surface area (Å²) >= 11 is 5.89. The van der Waals surface area contributed by atoms with Crippen molar-refractivity contribution in [1.29, 1.82) is 0 Å². The molecule has 0 amide bonds. The van der Waals surface area contributed by atoms with Crippen LogP contribution in [-0.2, 0) is 5.54 Å². The minimum absolute atomic E-state index is 0.0898. The lowest BCUT2D eigenvalue weighted by Gasteiger charge is -2.38. The van der Waals surface area contributed by atoms with Gasteiger partial charge in [-0.1, -0.05) is 23.7 Å². The summed E-state index contributed by atoms with van der Waals surface area (Å²) in [5.74, 6) is -1.21. The summed E-state index contributed by atoms with van der Waals surface area (Å²) in [6, 6.07) is 7.09. The van der Waals surface area contributed by atoms with Gasteiger partial charge in [0.2, 0.25) is 0 Å². The van der Waals surface area contributed by atoms with Crippen molar-refractivity contribution in [2.24, 2.45) is 11.7 Å². The molecule has 1 fully saturated rings. The van der Waals surface area contributed by atoms with Crippen LogP contribution in [0.15, 0.2) is 24.3 Å². The fourth-order valence-corrected chi connectivity index (χ4v) is 2.74. The predicted molar refractivity (Wildman–Crippen MR) is 65.3 cm³/mol. The van der Waals surface area contributed by atoms with Gasteiger partial charge in [0.05, 0.1) is 5.92 Å². The third-order valence-electron chi connectivity index (χ3n) is 3.74. The van der Waals surface area contributed by atoms with Gasteiger partial charge in [0.25, 0.3) is 0 Å². The van der Waals surface area contributed by atoms with Crippen LogP contribution in [0.3, 0.4) is 0 Å². The van der Waals surface area contributed by atoms with Crippen LogP contribution < -0.4 is 5.73 Å². The van der Waals surface area contributed by atoms with E-state index in [9.17, 15) is 13.2 Å². The monoisotopic (exact) mass is 277 g/mol. The van der Waals surface area contributed by atoms with Gasteiger partial charge in [-0.3, -0.25) is 0 Å². The number of hydrogen-bond donors (Lipinski definition) is 1. The highest BCUT2D eigenvalue weighted by Crippen LogP contribution is 2.44. The Kier molecular flexibility index (Phi) is 3.60. The summed E-state index contributed by atoms with van der Waals surface area (Å²) in [5.41, 5.74) is 6.38. The highest BCUT2D eigenvalue weighted by molar-refractivity contribution is 6.30. The van der Waals surface area contributed by atoms with E-state index in [1.54, 1.807) is 18.2 Å². The van der Waals surface area contributed by atoms with Crippen molar-refractivity contribution in [3.05, 3.63) is 34.9 Å². The average molecular weight is 278 g/mol. The molecule has 1 aliphatic carbocycles. The maximum Gasteiger partial charge on any atom is 0.391 e. The molecular weight excluding hydrogens is 263 g/mol. The van der Waals surface area contributed by atoms with Gasteiger partial charge in [0.15, 0.2) is 0 Å². The largest absolute Gasteiger partial charge is 0.391 e. The molecule has 1 aliphatic rings. The predicted octanol–water partition coefficient (Wildman–Crippen LogP) is 4.25. The van der Waals surface area contributed by atoms with Crippen molar-refractivity contribution in [3.8, 4) is 0 Å². The summed E-state index contributed by atoms with van der Waals surface area (Å²) in [6.45, 7) is 0. The van der Waals surface area contributed by atoms with Crippen LogP contribution in [0.5, 0.6) is 0 Å². The van der Waals surface area contributed by atoms with E-state index in [1.807, 2.05) is 6.07 Å². The fraction of sp³-hybridized carbons (Fsp3) is 0.538. The van der Waals surface area contributed by atoms with Gasteiger partial charge in [-0.25, -0.2) is 0 Å². The number of halogens is 4. The Morgan fingerprint density at radius 2 is 1.83 bits per heavy atom. The van der Waals surface area contributed by atoms with Crippen LogP contribution >= 0.6 is 11.6 Å². The normalized spacial score (nSPS) is 29.3. The Hall–Kier alpha value is -0.740. The van der Waals surface area contributed by atoms with Crippen LogP contribution in [0.4, 0.5) is 13.2 Å². The standard InChI is InChI=1S/C13H15ClF3N/c14-11-3-1-2-10(8-11)12(18)6-4-9(5-7-12)13(15,16)17/h1-3,8-9H,4-7,18H2. The molecule has 2 rings (SSSR count). The summed E-state index contributed by atoms with van der Waals surface area (Å²) < 4.78 is 37.8. The minimum atomic E-state index is -4.10. The van der Waals surface area contributed by atoms with Gasteiger partial charge in [-0.2, -0.15) is 13.2 Å². The van der Waals surface area contributed by atoms with Gasteiger partial charge in [0.1, 0.15) is 0 Å². The molecule has 1 nitrogen and oxygen atoms in total. The van der Waals surface area contributed by atoms with E-state index < -0.39 is 17.6 Å². The highest BCUT2D eigenvalue weighted by atomic mass is 35.5. The number of hydrogen-bond acceptors (Lipinski definition) is 1. The van der Waals surface area contributed by atoms with Gasteiger partial charge in [-0.05, 0) is 43.4 Å². The minimum Gasteiger partial charge on any atom is -0.321 e. The van der Waals surface area contributed by atoms with Crippen LogP contribution in [0.25, 0.3) is 0 Å². The molecule has 0 aliphatic heterocycles. The van der Waals surface area contributed by atoms with Gasteiger partial charge < -0.3 is 5.73 Å². The molecule has 18 heavy (non-hydrogen) atoms. The molecule has 5 heteroatoms. The van der Waals surface area contributed by atoms with Crippen LogP contribution in [0.1, 0.15) is 31.2 Å². The Bertz CT molecular complexity index is 422. The molecule has 100 valence electrons. The summed E-state index contributed by atoms with van der Waals surface area (Å²) in [5, 5.41) is 0.565. The maximum atomic E-state index is 12.6. The third kappa shape index (κ3) is 2.81. The Morgan fingerprint density at radius 1 is 1.22 bits per heavy atom. The second-order valence-electron chi connectivity index (χ2n) is 4.98. The molecule has 0 saturated heterocycles. The zero-order chi connectivity index (χ0) is 13.4.